The highest BCUT2D eigenvalue weighted by molar-refractivity contribution is 5.81. The van der Waals surface area contributed by atoms with Gasteiger partial charge < -0.3 is 10.6 Å². The zero-order valence-electron chi connectivity index (χ0n) is 9.55. The molecular weight excluding hydrogens is 245 g/mol. The first-order valence-corrected chi connectivity index (χ1v) is 5.65. The summed E-state index contributed by atoms with van der Waals surface area (Å²) in [5, 5.41) is 5.56. The summed E-state index contributed by atoms with van der Waals surface area (Å²) in [7, 11) is 0. The zero-order chi connectivity index (χ0) is 13.2. The van der Waals surface area contributed by atoms with Crippen molar-refractivity contribution in [1.29, 1.82) is 0 Å². The third kappa shape index (κ3) is 3.65. The Bertz CT molecular complexity index is 424. The van der Waals surface area contributed by atoms with Gasteiger partial charge in [-0.05, 0) is 37.1 Å². The summed E-state index contributed by atoms with van der Waals surface area (Å²) in [6.07, 6.45) is -2.32. The van der Waals surface area contributed by atoms with Gasteiger partial charge in [0.1, 0.15) is 0 Å². The predicted molar refractivity (Wildman–Crippen MR) is 61.1 cm³/mol. The lowest BCUT2D eigenvalue weighted by atomic mass is 10.2. The average molecular weight is 258 g/mol. The van der Waals surface area contributed by atoms with E-state index in [4.69, 9.17) is 0 Å². The normalized spacial score (nSPS) is 15.3. The first-order chi connectivity index (χ1) is 8.45. The van der Waals surface area contributed by atoms with Crippen LogP contribution in [0.4, 0.5) is 18.9 Å². The fourth-order valence-corrected chi connectivity index (χ4v) is 1.47. The Morgan fingerprint density at radius 2 is 1.83 bits per heavy atom. The van der Waals surface area contributed by atoms with Crippen LogP contribution in [0.15, 0.2) is 24.3 Å². The topological polar surface area (TPSA) is 41.1 Å². The van der Waals surface area contributed by atoms with Crippen molar-refractivity contribution < 1.29 is 18.0 Å². The molecule has 2 rings (SSSR count). The summed E-state index contributed by atoms with van der Waals surface area (Å²) in [5.41, 5.74) is -0.204. The summed E-state index contributed by atoms with van der Waals surface area (Å²) in [6, 6.07) is 4.88. The number of carbonyl (C=O) groups excluding carboxylic acids is 1. The lowest BCUT2D eigenvalue weighted by molar-refractivity contribution is -0.137. The molecule has 6 heteroatoms. The van der Waals surface area contributed by atoms with Crippen molar-refractivity contribution in [3.8, 4) is 0 Å². The standard InChI is InChI=1S/C12H13F3N2O/c13-12(14,15)8-1-3-9(4-2-8)16-7-11(18)17-10-5-6-10/h1-4,10,16H,5-7H2,(H,17,18). The first-order valence-electron chi connectivity index (χ1n) is 5.65. The molecule has 0 aliphatic heterocycles. The van der Waals surface area contributed by atoms with E-state index >= 15 is 0 Å². The molecule has 0 radical (unpaired) electrons. The highest BCUT2D eigenvalue weighted by atomic mass is 19.4. The summed E-state index contributed by atoms with van der Waals surface area (Å²) in [5.74, 6) is -0.141. The van der Waals surface area contributed by atoms with Crippen LogP contribution in [0.2, 0.25) is 0 Å². The first kappa shape index (κ1) is 12.7. The fraction of sp³-hybridized carbons (Fsp3) is 0.417. The minimum Gasteiger partial charge on any atom is -0.376 e. The van der Waals surface area contributed by atoms with Crippen LogP contribution in [0.1, 0.15) is 18.4 Å². The fourth-order valence-electron chi connectivity index (χ4n) is 1.47. The van der Waals surface area contributed by atoms with Crippen LogP contribution < -0.4 is 10.6 Å². The number of hydrogen-bond donors (Lipinski definition) is 2. The summed E-state index contributed by atoms with van der Waals surface area (Å²) in [6.45, 7) is 0.0713. The summed E-state index contributed by atoms with van der Waals surface area (Å²) >= 11 is 0. The SMILES string of the molecule is O=C(CNc1ccc(C(F)(F)F)cc1)NC1CC1. The van der Waals surface area contributed by atoms with Gasteiger partial charge in [0.2, 0.25) is 5.91 Å². The molecule has 0 aromatic heterocycles. The largest absolute Gasteiger partial charge is 0.416 e. The Morgan fingerprint density at radius 3 is 2.33 bits per heavy atom. The minimum atomic E-state index is -4.33. The quantitative estimate of drug-likeness (QED) is 0.870. The Hall–Kier alpha value is -1.72. The van der Waals surface area contributed by atoms with Crippen LogP contribution in [0.25, 0.3) is 0 Å². The van der Waals surface area contributed by atoms with Gasteiger partial charge in [-0.1, -0.05) is 0 Å². The molecule has 3 nitrogen and oxygen atoms in total. The molecule has 1 aliphatic rings. The maximum Gasteiger partial charge on any atom is 0.416 e. The van der Waals surface area contributed by atoms with E-state index in [0.29, 0.717) is 5.69 Å². The monoisotopic (exact) mass is 258 g/mol. The maximum atomic E-state index is 12.3. The van der Waals surface area contributed by atoms with Gasteiger partial charge in [0.05, 0.1) is 12.1 Å². The third-order valence-electron chi connectivity index (χ3n) is 2.61. The van der Waals surface area contributed by atoms with Crippen LogP contribution in [0.3, 0.4) is 0 Å². The van der Waals surface area contributed by atoms with Gasteiger partial charge in [-0.2, -0.15) is 13.2 Å². The van der Waals surface area contributed by atoms with E-state index in [-0.39, 0.29) is 18.5 Å². The molecule has 1 aromatic carbocycles. The van der Waals surface area contributed by atoms with Gasteiger partial charge in [0.15, 0.2) is 0 Å². The van der Waals surface area contributed by atoms with E-state index in [1.54, 1.807) is 0 Å². The van der Waals surface area contributed by atoms with Crippen molar-refractivity contribution in [1.82, 2.24) is 5.32 Å². The van der Waals surface area contributed by atoms with Gasteiger partial charge in [-0.15, -0.1) is 0 Å². The van der Waals surface area contributed by atoms with Crippen molar-refractivity contribution in [3.63, 3.8) is 0 Å². The third-order valence-corrected chi connectivity index (χ3v) is 2.61. The van der Waals surface area contributed by atoms with Crippen molar-refractivity contribution >= 4 is 11.6 Å². The Labute approximate surface area is 102 Å². The summed E-state index contributed by atoms with van der Waals surface area (Å²) < 4.78 is 36.9. The Kier molecular flexibility index (Phi) is 3.45. The lowest BCUT2D eigenvalue weighted by Crippen LogP contribution is -2.31. The van der Waals surface area contributed by atoms with Gasteiger partial charge >= 0.3 is 6.18 Å². The molecule has 1 saturated carbocycles. The second-order valence-electron chi connectivity index (χ2n) is 4.27. The van der Waals surface area contributed by atoms with Crippen LogP contribution in [-0.2, 0) is 11.0 Å². The number of carbonyl (C=O) groups is 1. The molecule has 0 bridgehead atoms. The van der Waals surface area contributed by atoms with Crippen molar-refractivity contribution in [2.45, 2.75) is 25.1 Å². The highest BCUT2D eigenvalue weighted by Gasteiger charge is 2.30. The van der Waals surface area contributed by atoms with E-state index in [1.807, 2.05) is 0 Å². The number of halogens is 3. The molecule has 98 valence electrons. The molecule has 0 heterocycles. The molecule has 1 amide bonds. The minimum absolute atomic E-state index is 0.0713. The summed E-state index contributed by atoms with van der Waals surface area (Å²) in [4.78, 5) is 11.3. The number of alkyl halides is 3. The molecule has 1 aromatic rings. The molecule has 0 saturated heterocycles. The van der Waals surface area contributed by atoms with E-state index in [2.05, 4.69) is 10.6 Å². The van der Waals surface area contributed by atoms with Gasteiger partial charge in [-0.25, -0.2) is 0 Å². The number of benzene rings is 1. The number of anilines is 1. The predicted octanol–water partition coefficient (Wildman–Crippen LogP) is 2.40. The van der Waals surface area contributed by atoms with E-state index in [1.165, 1.54) is 12.1 Å². The molecule has 1 fully saturated rings. The number of amides is 1. The molecule has 0 atom stereocenters. The van der Waals surface area contributed by atoms with Crippen molar-refractivity contribution in [2.75, 3.05) is 11.9 Å². The molecule has 2 N–H and O–H groups in total. The van der Waals surface area contributed by atoms with E-state index < -0.39 is 11.7 Å². The lowest BCUT2D eigenvalue weighted by Gasteiger charge is -2.09. The second-order valence-corrected chi connectivity index (χ2v) is 4.27. The van der Waals surface area contributed by atoms with Gasteiger partial charge in [0.25, 0.3) is 0 Å². The highest BCUT2D eigenvalue weighted by Crippen LogP contribution is 2.29. The Balaban J connectivity index is 1.84. The van der Waals surface area contributed by atoms with Crippen molar-refractivity contribution in [3.05, 3.63) is 29.8 Å². The molecule has 18 heavy (non-hydrogen) atoms. The van der Waals surface area contributed by atoms with Gasteiger partial charge in [-0.3, -0.25) is 4.79 Å². The van der Waals surface area contributed by atoms with Crippen LogP contribution in [-0.4, -0.2) is 18.5 Å². The average Bonchev–Trinajstić information content (AvgIpc) is 3.10. The smallest absolute Gasteiger partial charge is 0.376 e. The van der Waals surface area contributed by atoms with Crippen LogP contribution >= 0.6 is 0 Å². The van der Waals surface area contributed by atoms with E-state index in [9.17, 15) is 18.0 Å². The van der Waals surface area contributed by atoms with Crippen molar-refractivity contribution in [2.24, 2.45) is 0 Å². The van der Waals surface area contributed by atoms with Crippen LogP contribution in [0.5, 0.6) is 0 Å². The molecule has 0 unspecified atom stereocenters. The van der Waals surface area contributed by atoms with E-state index in [0.717, 1.165) is 25.0 Å². The maximum absolute atomic E-state index is 12.3. The number of nitrogens with one attached hydrogen (secondary N) is 2. The number of rotatable bonds is 4. The Morgan fingerprint density at radius 1 is 1.22 bits per heavy atom. The van der Waals surface area contributed by atoms with Gasteiger partial charge in [0, 0.05) is 11.7 Å². The second kappa shape index (κ2) is 4.88. The molecule has 0 spiro atoms. The zero-order valence-corrected chi connectivity index (χ0v) is 9.55. The molecular formula is C12H13F3N2O. The van der Waals surface area contributed by atoms with Crippen LogP contribution in [0, 0.1) is 0 Å². The molecule has 1 aliphatic carbocycles. The number of hydrogen-bond acceptors (Lipinski definition) is 2.